The van der Waals surface area contributed by atoms with Gasteiger partial charge in [-0.3, -0.25) is 9.78 Å². The molecule has 0 spiro atoms. The van der Waals surface area contributed by atoms with Crippen molar-refractivity contribution >= 4 is 16.7 Å². The van der Waals surface area contributed by atoms with Gasteiger partial charge in [0, 0.05) is 23.1 Å². The summed E-state index contributed by atoms with van der Waals surface area (Å²) in [6, 6.07) is 19.8. The number of benzene rings is 2. The van der Waals surface area contributed by atoms with E-state index < -0.39 is 0 Å². The van der Waals surface area contributed by atoms with Crippen molar-refractivity contribution in [1.29, 1.82) is 0 Å². The molecule has 0 saturated carbocycles. The Morgan fingerprint density at radius 1 is 0.920 bits per heavy atom. The second-order valence-corrected chi connectivity index (χ2v) is 6.55. The Hall–Kier alpha value is -2.48. The molecule has 0 amide bonds. The minimum Gasteiger partial charge on any atom is -0.293 e. The Bertz CT molecular complexity index is 820. The van der Waals surface area contributed by atoms with E-state index in [1.165, 1.54) is 19.3 Å². The van der Waals surface area contributed by atoms with Crippen LogP contribution >= 0.6 is 0 Å². The van der Waals surface area contributed by atoms with Crippen LogP contribution in [0.25, 0.3) is 10.9 Å². The highest BCUT2D eigenvalue weighted by Crippen LogP contribution is 2.31. The predicted molar refractivity (Wildman–Crippen MR) is 104 cm³/mol. The summed E-state index contributed by atoms with van der Waals surface area (Å²) in [5.74, 6) is 0.0770. The van der Waals surface area contributed by atoms with E-state index in [-0.39, 0.29) is 11.7 Å². The molecule has 1 unspecified atom stereocenters. The maximum atomic E-state index is 13.2. The summed E-state index contributed by atoms with van der Waals surface area (Å²) in [5.41, 5.74) is 2.80. The van der Waals surface area contributed by atoms with Crippen LogP contribution in [0, 0.1) is 0 Å². The summed E-state index contributed by atoms with van der Waals surface area (Å²) < 4.78 is 0. The van der Waals surface area contributed by atoms with E-state index >= 15 is 0 Å². The lowest BCUT2D eigenvalue weighted by atomic mass is 9.85. The number of hydrogen-bond donors (Lipinski definition) is 0. The lowest BCUT2D eigenvalue weighted by molar-refractivity contribution is 0.0954. The van der Waals surface area contributed by atoms with Gasteiger partial charge in [-0.05, 0) is 18.1 Å². The number of rotatable bonds is 8. The molecule has 1 atom stereocenters. The molecule has 25 heavy (non-hydrogen) atoms. The van der Waals surface area contributed by atoms with Crippen molar-refractivity contribution in [2.45, 2.75) is 44.9 Å². The largest absolute Gasteiger partial charge is 0.293 e. The number of ketones is 1. The number of aromatic nitrogens is 1. The van der Waals surface area contributed by atoms with Gasteiger partial charge >= 0.3 is 0 Å². The van der Waals surface area contributed by atoms with Crippen LogP contribution in [-0.2, 0) is 0 Å². The molecule has 0 fully saturated rings. The highest BCUT2D eigenvalue weighted by Gasteiger charge is 2.23. The second-order valence-electron chi connectivity index (χ2n) is 6.55. The smallest absolute Gasteiger partial charge is 0.170 e. The van der Waals surface area contributed by atoms with E-state index in [0.717, 1.165) is 34.9 Å². The highest BCUT2D eigenvalue weighted by molar-refractivity contribution is 6.03. The highest BCUT2D eigenvalue weighted by atomic mass is 16.1. The van der Waals surface area contributed by atoms with Crippen molar-refractivity contribution in [1.82, 2.24) is 4.98 Å². The summed E-state index contributed by atoms with van der Waals surface area (Å²) >= 11 is 0. The Kier molecular flexibility index (Phi) is 5.95. The molecule has 0 N–H and O–H groups in total. The van der Waals surface area contributed by atoms with Gasteiger partial charge in [-0.2, -0.15) is 0 Å². The molecular formula is C23H25NO. The SMILES string of the molecule is CCCCCCC(C(=O)c1ccccc1)c1cccc2cccnc12. The summed E-state index contributed by atoms with van der Waals surface area (Å²) in [6.07, 6.45) is 7.36. The zero-order chi connectivity index (χ0) is 17.5. The Morgan fingerprint density at radius 3 is 2.52 bits per heavy atom. The third kappa shape index (κ3) is 4.14. The number of nitrogens with zero attached hydrogens (tertiary/aromatic N) is 1. The number of pyridine rings is 1. The van der Waals surface area contributed by atoms with Gasteiger partial charge in [0.25, 0.3) is 0 Å². The topological polar surface area (TPSA) is 30.0 Å². The summed E-state index contributed by atoms with van der Waals surface area (Å²) in [6.45, 7) is 2.21. The number of para-hydroxylation sites is 1. The first-order chi connectivity index (χ1) is 12.3. The first kappa shape index (κ1) is 17.3. The van der Waals surface area contributed by atoms with Gasteiger partial charge < -0.3 is 0 Å². The monoisotopic (exact) mass is 331 g/mol. The number of carbonyl (C=O) groups is 1. The fourth-order valence-corrected chi connectivity index (χ4v) is 3.42. The maximum absolute atomic E-state index is 13.2. The fraction of sp³-hybridized carbons (Fsp3) is 0.304. The van der Waals surface area contributed by atoms with Crippen molar-refractivity contribution < 1.29 is 4.79 Å². The molecule has 1 aromatic heterocycles. The van der Waals surface area contributed by atoms with Crippen LogP contribution < -0.4 is 0 Å². The first-order valence-corrected chi connectivity index (χ1v) is 9.24. The number of fused-ring (bicyclic) bond motifs is 1. The van der Waals surface area contributed by atoms with E-state index in [1.54, 1.807) is 0 Å². The molecule has 0 bridgehead atoms. The lowest BCUT2D eigenvalue weighted by Gasteiger charge is -2.18. The van der Waals surface area contributed by atoms with Crippen molar-refractivity contribution in [3.8, 4) is 0 Å². The van der Waals surface area contributed by atoms with Crippen LogP contribution in [0.2, 0.25) is 0 Å². The van der Waals surface area contributed by atoms with Crippen LogP contribution in [-0.4, -0.2) is 10.8 Å². The molecule has 0 saturated heterocycles. The molecule has 2 nitrogen and oxygen atoms in total. The average Bonchev–Trinajstić information content (AvgIpc) is 2.68. The van der Waals surface area contributed by atoms with Crippen LogP contribution in [0.5, 0.6) is 0 Å². The van der Waals surface area contributed by atoms with Gasteiger partial charge in [0.05, 0.1) is 5.52 Å². The third-order valence-electron chi connectivity index (χ3n) is 4.76. The number of hydrogen-bond acceptors (Lipinski definition) is 2. The number of unbranched alkanes of at least 4 members (excludes halogenated alkanes) is 3. The number of carbonyl (C=O) groups excluding carboxylic acids is 1. The van der Waals surface area contributed by atoms with E-state index in [4.69, 9.17) is 0 Å². The van der Waals surface area contributed by atoms with Gasteiger partial charge in [-0.1, -0.05) is 87.2 Å². The summed E-state index contributed by atoms with van der Waals surface area (Å²) in [4.78, 5) is 17.8. The average molecular weight is 331 g/mol. The molecule has 128 valence electrons. The summed E-state index contributed by atoms with van der Waals surface area (Å²) in [5, 5.41) is 1.10. The van der Waals surface area contributed by atoms with Crippen LogP contribution in [0.15, 0.2) is 66.9 Å². The van der Waals surface area contributed by atoms with Crippen molar-refractivity contribution in [2.75, 3.05) is 0 Å². The van der Waals surface area contributed by atoms with Gasteiger partial charge in [0.2, 0.25) is 0 Å². The van der Waals surface area contributed by atoms with Gasteiger partial charge in [0.15, 0.2) is 5.78 Å². The van der Waals surface area contributed by atoms with Crippen molar-refractivity contribution in [3.63, 3.8) is 0 Å². The minimum absolute atomic E-state index is 0.127. The molecule has 2 aromatic carbocycles. The van der Waals surface area contributed by atoms with E-state index in [2.05, 4.69) is 30.1 Å². The van der Waals surface area contributed by atoms with Crippen LogP contribution in [0.1, 0.15) is 60.9 Å². The van der Waals surface area contributed by atoms with Crippen LogP contribution in [0.3, 0.4) is 0 Å². The molecule has 3 rings (SSSR count). The van der Waals surface area contributed by atoms with E-state index in [0.29, 0.717) is 0 Å². The minimum atomic E-state index is -0.127. The maximum Gasteiger partial charge on any atom is 0.170 e. The molecule has 3 aromatic rings. The fourth-order valence-electron chi connectivity index (χ4n) is 3.42. The van der Waals surface area contributed by atoms with Gasteiger partial charge in [-0.15, -0.1) is 0 Å². The third-order valence-corrected chi connectivity index (χ3v) is 4.76. The molecule has 0 aliphatic carbocycles. The molecule has 0 aliphatic rings. The quantitative estimate of drug-likeness (QED) is 0.365. The van der Waals surface area contributed by atoms with Gasteiger partial charge in [0.1, 0.15) is 0 Å². The molecule has 1 heterocycles. The lowest BCUT2D eigenvalue weighted by Crippen LogP contribution is -2.14. The first-order valence-electron chi connectivity index (χ1n) is 9.24. The molecular weight excluding hydrogens is 306 g/mol. The Labute approximate surface area is 149 Å². The molecule has 2 heteroatoms. The standard InChI is InChI=1S/C23H25NO/c1-2-3-4-8-15-21(23(25)19-11-6-5-7-12-19)20-16-9-13-18-14-10-17-24-22(18)20/h5-7,9-14,16-17,21H,2-4,8,15H2,1H3. The zero-order valence-corrected chi connectivity index (χ0v) is 14.8. The molecule has 0 radical (unpaired) electrons. The van der Waals surface area contributed by atoms with E-state index in [1.807, 2.05) is 48.7 Å². The van der Waals surface area contributed by atoms with Crippen LogP contribution in [0.4, 0.5) is 0 Å². The van der Waals surface area contributed by atoms with E-state index in [9.17, 15) is 4.79 Å². The normalized spacial score (nSPS) is 12.2. The van der Waals surface area contributed by atoms with Crippen molar-refractivity contribution in [2.24, 2.45) is 0 Å². The van der Waals surface area contributed by atoms with Crippen molar-refractivity contribution in [3.05, 3.63) is 78.0 Å². The summed E-state index contributed by atoms with van der Waals surface area (Å²) in [7, 11) is 0. The number of Topliss-reactive ketones (excluding diaryl/α,β-unsaturated/α-hetero) is 1. The molecule has 0 aliphatic heterocycles. The Balaban J connectivity index is 1.96. The second kappa shape index (κ2) is 8.57. The van der Waals surface area contributed by atoms with Gasteiger partial charge in [-0.25, -0.2) is 0 Å². The Morgan fingerprint density at radius 2 is 1.72 bits per heavy atom. The zero-order valence-electron chi connectivity index (χ0n) is 14.8. The predicted octanol–water partition coefficient (Wildman–Crippen LogP) is 6.17.